The number of rotatable bonds is 8. The highest BCUT2D eigenvalue weighted by Crippen LogP contribution is 2.22. The molecule has 0 bridgehead atoms. The van der Waals surface area contributed by atoms with Crippen LogP contribution in [0.15, 0.2) is 48.7 Å². The fourth-order valence-electron chi connectivity index (χ4n) is 2.46. The van der Waals surface area contributed by atoms with Crippen molar-refractivity contribution < 1.29 is 19.1 Å². The van der Waals surface area contributed by atoms with Gasteiger partial charge in [-0.05, 0) is 32.1 Å². The van der Waals surface area contributed by atoms with Crippen LogP contribution in [-0.4, -0.2) is 28.7 Å². The standard InChI is InChI=1S/C20H21NO4/c1-3-5-12-21-14-15(17-8-6-7-9-18(17)21)10-11-16(22)13-19(23)20(24)25-4-2/h3,5-11,14H,4,12-13H2,1-2H3/b5-3+,11-10+. The maximum absolute atomic E-state index is 11.9. The Hall–Kier alpha value is -2.95. The second-order valence-corrected chi connectivity index (χ2v) is 5.44. The summed E-state index contributed by atoms with van der Waals surface area (Å²) in [4.78, 5) is 34.7. The first kappa shape index (κ1) is 18.4. The molecule has 0 unspecified atom stereocenters. The van der Waals surface area contributed by atoms with Gasteiger partial charge in [0.25, 0.3) is 0 Å². The molecule has 130 valence electrons. The Bertz CT molecular complexity index is 842. The minimum atomic E-state index is -0.966. The molecule has 1 aromatic heterocycles. The van der Waals surface area contributed by atoms with Crippen molar-refractivity contribution in [3.8, 4) is 0 Å². The van der Waals surface area contributed by atoms with E-state index in [1.165, 1.54) is 6.08 Å². The number of fused-ring (bicyclic) bond motifs is 1. The molecule has 0 saturated carbocycles. The number of ketones is 2. The van der Waals surface area contributed by atoms with Gasteiger partial charge in [-0.25, -0.2) is 4.79 Å². The smallest absolute Gasteiger partial charge is 0.375 e. The third-order valence-electron chi connectivity index (χ3n) is 3.64. The number of hydrogen-bond acceptors (Lipinski definition) is 4. The van der Waals surface area contributed by atoms with E-state index in [4.69, 9.17) is 0 Å². The molecule has 0 saturated heterocycles. The summed E-state index contributed by atoms with van der Waals surface area (Å²) in [6.45, 7) is 4.42. The number of ether oxygens (including phenoxy) is 1. The van der Waals surface area contributed by atoms with Gasteiger partial charge in [0.05, 0.1) is 13.0 Å². The summed E-state index contributed by atoms with van der Waals surface area (Å²) in [6, 6.07) is 7.90. The van der Waals surface area contributed by atoms with Gasteiger partial charge in [0.15, 0.2) is 5.78 Å². The van der Waals surface area contributed by atoms with Crippen LogP contribution in [-0.2, 0) is 25.7 Å². The van der Waals surface area contributed by atoms with Crippen molar-refractivity contribution in [3.63, 3.8) is 0 Å². The number of nitrogens with zero attached hydrogens (tertiary/aromatic N) is 1. The Labute approximate surface area is 146 Å². The van der Waals surface area contributed by atoms with Gasteiger partial charge in [-0.1, -0.05) is 30.4 Å². The first-order valence-electron chi connectivity index (χ1n) is 8.16. The highest BCUT2D eigenvalue weighted by molar-refractivity contribution is 6.37. The summed E-state index contributed by atoms with van der Waals surface area (Å²) in [5.74, 6) is -2.22. The van der Waals surface area contributed by atoms with Crippen LogP contribution in [0.3, 0.4) is 0 Å². The number of para-hydroxylation sites is 1. The van der Waals surface area contributed by atoms with E-state index in [9.17, 15) is 14.4 Å². The van der Waals surface area contributed by atoms with Crippen LogP contribution in [0.5, 0.6) is 0 Å². The third-order valence-corrected chi connectivity index (χ3v) is 3.64. The average Bonchev–Trinajstić information content (AvgIpc) is 2.96. The maximum Gasteiger partial charge on any atom is 0.375 e. The van der Waals surface area contributed by atoms with Crippen LogP contribution >= 0.6 is 0 Å². The molecule has 1 aromatic carbocycles. The molecule has 0 aliphatic heterocycles. The average molecular weight is 339 g/mol. The van der Waals surface area contributed by atoms with Crippen molar-refractivity contribution in [2.24, 2.45) is 0 Å². The molecule has 2 aromatic rings. The fraction of sp³-hybridized carbons (Fsp3) is 0.250. The molecular weight excluding hydrogens is 318 g/mol. The van der Waals surface area contributed by atoms with Crippen LogP contribution in [0.1, 0.15) is 25.8 Å². The molecule has 0 aliphatic carbocycles. The summed E-state index contributed by atoms with van der Waals surface area (Å²) in [5, 5.41) is 1.02. The van der Waals surface area contributed by atoms with Gasteiger partial charge in [0.1, 0.15) is 0 Å². The van der Waals surface area contributed by atoms with Gasteiger partial charge < -0.3 is 9.30 Å². The Morgan fingerprint density at radius 3 is 2.68 bits per heavy atom. The van der Waals surface area contributed by atoms with Crippen molar-refractivity contribution in [2.75, 3.05) is 6.61 Å². The minimum Gasteiger partial charge on any atom is -0.460 e. The second kappa shape index (κ2) is 8.78. The van der Waals surface area contributed by atoms with Crippen LogP contribution in [0.25, 0.3) is 17.0 Å². The first-order valence-corrected chi connectivity index (χ1v) is 8.16. The lowest BCUT2D eigenvalue weighted by Gasteiger charge is -1.99. The zero-order valence-electron chi connectivity index (χ0n) is 14.4. The highest BCUT2D eigenvalue weighted by atomic mass is 16.5. The number of Topliss-reactive ketones (excluding diaryl/α,β-unsaturated/α-hetero) is 1. The molecule has 0 spiro atoms. The molecule has 0 amide bonds. The highest BCUT2D eigenvalue weighted by Gasteiger charge is 2.17. The van der Waals surface area contributed by atoms with E-state index in [0.717, 1.165) is 23.0 Å². The number of esters is 1. The molecule has 2 rings (SSSR count). The quantitative estimate of drug-likeness (QED) is 0.243. The summed E-state index contributed by atoms with van der Waals surface area (Å²) in [7, 11) is 0. The first-order chi connectivity index (χ1) is 12.1. The Balaban J connectivity index is 2.16. The Kier molecular flexibility index (Phi) is 6.46. The lowest BCUT2D eigenvalue weighted by atomic mass is 10.1. The number of allylic oxidation sites excluding steroid dienone is 3. The van der Waals surface area contributed by atoms with Crippen molar-refractivity contribution in [1.29, 1.82) is 0 Å². The number of carbonyl (C=O) groups is 3. The summed E-state index contributed by atoms with van der Waals surface area (Å²) in [6.07, 6.45) is 8.51. The molecule has 5 heteroatoms. The lowest BCUT2D eigenvalue weighted by molar-refractivity contribution is -0.154. The zero-order valence-corrected chi connectivity index (χ0v) is 14.4. The van der Waals surface area contributed by atoms with Crippen molar-refractivity contribution >= 4 is 34.5 Å². The molecule has 5 nitrogen and oxygen atoms in total. The molecule has 0 N–H and O–H groups in total. The van der Waals surface area contributed by atoms with Gasteiger partial charge in [-0.15, -0.1) is 0 Å². The van der Waals surface area contributed by atoms with Crippen LogP contribution in [0.4, 0.5) is 0 Å². The number of carbonyl (C=O) groups excluding carboxylic acids is 3. The number of hydrogen-bond donors (Lipinski definition) is 0. The lowest BCUT2D eigenvalue weighted by Crippen LogP contribution is -2.19. The Morgan fingerprint density at radius 1 is 1.20 bits per heavy atom. The van der Waals surface area contributed by atoms with E-state index in [1.54, 1.807) is 13.0 Å². The van der Waals surface area contributed by atoms with E-state index in [1.807, 2.05) is 49.5 Å². The number of aromatic nitrogens is 1. The zero-order chi connectivity index (χ0) is 18.2. The topological polar surface area (TPSA) is 65.4 Å². The summed E-state index contributed by atoms with van der Waals surface area (Å²) >= 11 is 0. The fourth-order valence-corrected chi connectivity index (χ4v) is 2.46. The normalized spacial score (nSPS) is 11.4. The molecule has 0 atom stereocenters. The van der Waals surface area contributed by atoms with Crippen LogP contribution in [0, 0.1) is 0 Å². The largest absolute Gasteiger partial charge is 0.460 e. The summed E-state index contributed by atoms with van der Waals surface area (Å²) < 4.78 is 6.68. The molecule has 0 fully saturated rings. The van der Waals surface area contributed by atoms with E-state index in [0.29, 0.717) is 0 Å². The van der Waals surface area contributed by atoms with Crippen LogP contribution < -0.4 is 0 Å². The number of benzene rings is 1. The van der Waals surface area contributed by atoms with Gasteiger partial charge in [-0.3, -0.25) is 9.59 Å². The van der Waals surface area contributed by atoms with Gasteiger partial charge in [-0.2, -0.15) is 0 Å². The van der Waals surface area contributed by atoms with Crippen molar-refractivity contribution in [1.82, 2.24) is 4.57 Å². The predicted molar refractivity (Wildman–Crippen MR) is 97.1 cm³/mol. The van der Waals surface area contributed by atoms with E-state index >= 15 is 0 Å². The molecule has 25 heavy (non-hydrogen) atoms. The Morgan fingerprint density at radius 2 is 1.96 bits per heavy atom. The van der Waals surface area contributed by atoms with E-state index in [-0.39, 0.29) is 6.61 Å². The molecule has 1 heterocycles. The second-order valence-electron chi connectivity index (χ2n) is 5.44. The molecular formula is C20H21NO4. The monoisotopic (exact) mass is 339 g/mol. The van der Waals surface area contributed by atoms with Gasteiger partial charge in [0.2, 0.25) is 5.78 Å². The van der Waals surface area contributed by atoms with E-state index in [2.05, 4.69) is 9.30 Å². The molecule has 0 aliphatic rings. The maximum atomic E-state index is 11.9. The van der Waals surface area contributed by atoms with Crippen molar-refractivity contribution in [3.05, 3.63) is 54.3 Å². The predicted octanol–water partition coefficient (Wildman–Crippen LogP) is 3.32. The van der Waals surface area contributed by atoms with Gasteiger partial charge >= 0.3 is 5.97 Å². The van der Waals surface area contributed by atoms with Gasteiger partial charge in [0, 0.05) is 29.2 Å². The third kappa shape index (κ3) is 4.76. The van der Waals surface area contributed by atoms with E-state index < -0.39 is 24.0 Å². The van der Waals surface area contributed by atoms with Crippen molar-refractivity contribution in [2.45, 2.75) is 26.8 Å². The minimum absolute atomic E-state index is 0.111. The summed E-state index contributed by atoms with van der Waals surface area (Å²) in [5.41, 5.74) is 1.95. The van der Waals surface area contributed by atoms with Crippen LogP contribution in [0.2, 0.25) is 0 Å². The SMILES string of the molecule is C/C=C/Cn1cc(/C=C/C(=O)CC(=O)C(=O)OCC)c2ccccc21. The molecule has 0 radical (unpaired) electrons.